The second-order valence-corrected chi connectivity index (χ2v) is 10.7. The Kier molecular flexibility index (Phi) is 13.7. The second-order valence-electron chi connectivity index (χ2n) is 10.7. The lowest BCUT2D eigenvalue weighted by Crippen LogP contribution is -1.99. The van der Waals surface area contributed by atoms with Crippen LogP contribution in [0, 0.1) is 6.92 Å². The van der Waals surface area contributed by atoms with Gasteiger partial charge in [-0.15, -0.1) is 0 Å². The van der Waals surface area contributed by atoms with Crippen molar-refractivity contribution in [1.29, 1.82) is 0 Å². The van der Waals surface area contributed by atoms with Crippen LogP contribution in [0.4, 0.5) is 0 Å². The largest absolute Gasteiger partial charge is 0.508 e. The third-order valence-corrected chi connectivity index (χ3v) is 6.98. The minimum atomic E-state index is -0.169. The van der Waals surface area contributed by atoms with Gasteiger partial charge in [0.05, 0.1) is 13.2 Å². The average molecular weight is 639 g/mol. The molecule has 0 radical (unpaired) electrons. The number of benzene rings is 4. The molecule has 0 spiro atoms. The molecule has 0 heterocycles. The standard InChI is InChI=1S/C20H22O4.C19H20O4/c1-3-11-24-20-13-19(23)14(4-2)12-16(20)7-10-18(22)15-5-8-17(21)9-6-15;1-3-10-23-19-12-18(22)13(2)11-15(19)6-9-17(21)14-4-7-16(20)8-5-14/h5-10,12-13,21,23H,3-4,11H2,1-2H3;4-9,11-12,20,22H,3,10H2,1-2H3/b10-7+;9-6+. The molecule has 0 amide bonds. The summed E-state index contributed by atoms with van der Waals surface area (Å²) in [5, 5.41) is 38.3. The van der Waals surface area contributed by atoms with E-state index in [4.69, 9.17) is 9.47 Å². The maximum atomic E-state index is 12.2. The summed E-state index contributed by atoms with van der Waals surface area (Å²) in [4.78, 5) is 24.4. The Morgan fingerprint density at radius 3 is 1.47 bits per heavy atom. The van der Waals surface area contributed by atoms with Gasteiger partial charge in [-0.2, -0.15) is 0 Å². The molecule has 0 saturated heterocycles. The molecular formula is C39H42O8. The van der Waals surface area contributed by atoms with Crippen LogP contribution in [0.2, 0.25) is 0 Å². The third-order valence-electron chi connectivity index (χ3n) is 6.98. The number of ether oxygens (including phenoxy) is 2. The van der Waals surface area contributed by atoms with Crippen LogP contribution in [0.5, 0.6) is 34.5 Å². The fraction of sp³-hybridized carbons (Fsp3) is 0.231. The van der Waals surface area contributed by atoms with E-state index in [1.165, 1.54) is 36.4 Å². The number of carbonyl (C=O) groups is 2. The summed E-state index contributed by atoms with van der Waals surface area (Å²) >= 11 is 0. The highest BCUT2D eigenvalue weighted by Gasteiger charge is 2.10. The molecule has 47 heavy (non-hydrogen) atoms. The summed E-state index contributed by atoms with van der Waals surface area (Å²) < 4.78 is 11.3. The normalized spacial score (nSPS) is 10.9. The van der Waals surface area contributed by atoms with Crippen molar-refractivity contribution < 1.29 is 39.5 Å². The molecule has 4 aromatic carbocycles. The van der Waals surface area contributed by atoms with E-state index in [0.29, 0.717) is 47.8 Å². The number of rotatable bonds is 13. The van der Waals surface area contributed by atoms with E-state index in [0.717, 1.165) is 29.5 Å². The first-order chi connectivity index (χ1) is 22.6. The van der Waals surface area contributed by atoms with Gasteiger partial charge in [-0.3, -0.25) is 9.59 Å². The van der Waals surface area contributed by atoms with Crippen LogP contribution in [0.15, 0.2) is 84.9 Å². The van der Waals surface area contributed by atoms with Crippen molar-refractivity contribution in [2.45, 2.75) is 47.0 Å². The topological polar surface area (TPSA) is 134 Å². The van der Waals surface area contributed by atoms with E-state index in [2.05, 4.69) is 0 Å². The third kappa shape index (κ3) is 10.8. The summed E-state index contributed by atoms with van der Waals surface area (Å²) in [6.45, 7) is 8.82. The molecule has 0 unspecified atom stereocenters. The molecule has 4 aromatic rings. The fourth-order valence-electron chi connectivity index (χ4n) is 4.33. The molecule has 8 heteroatoms. The van der Waals surface area contributed by atoms with Gasteiger partial charge in [0.25, 0.3) is 0 Å². The van der Waals surface area contributed by atoms with E-state index >= 15 is 0 Å². The predicted molar refractivity (Wildman–Crippen MR) is 185 cm³/mol. The SMILES string of the molecule is CCCOc1cc(O)c(C)cc1/C=C/C(=O)c1ccc(O)cc1.CCCOc1cc(O)c(CC)cc1/C=C/C(=O)c1ccc(O)cc1. The van der Waals surface area contributed by atoms with Gasteiger partial charge in [0.15, 0.2) is 11.6 Å². The lowest BCUT2D eigenvalue weighted by atomic mass is 10.0. The van der Waals surface area contributed by atoms with Gasteiger partial charge in [-0.1, -0.05) is 20.8 Å². The molecule has 0 aliphatic carbocycles. The van der Waals surface area contributed by atoms with Gasteiger partial charge >= 0.3 is 0 Å². The highest BCUT2D eigenvalue weighted by molar-refractivity contribution is 6.07. The van der Waals surface area contributed by atoms with Gasteiger partial charge in [0.2, 0.25) is 0 Å². The van der Waals surface area contributed by atoms with Crippen molar-refractivity contribution in [1.82, 2.24) is 0 Å². The Labute approximate surface area is 275 Å². The van der Waals surface area contributed by atoms with Crippen LogP contribution in [0.3, 0.4) is 0 Å². The Morgan fingerprint density at radius 2 is 1.04 bits per heavy atom. The van der Waals surface area contributed by atoms with Crippen molar-refractivity contribution in [3.63, 3.8) is 0 Å². The molecule has 0 bridgehead atoms. The van der Waals surface area contributed by atoms with Gasteiger partial charge in [0.1, 0.15) is 34.5 Å². The first-order valence-corrected chi connectivity index (χ1v) is 15.5. The smallest absolute Gasteiger partial charge is 0.185 e. The molecule has 0 aromatic heterocycles. The van der Waals surface area contributed by atoms with Gasteiger partial charge in [-0.05, 0) is 122 Å². The number of hydrogen-bond acceptors (Lipinski definition) is 8. The zero-order valence-corrected chi connectivity index (χ0v) is 27.2. The van der Waals surface area contributed by atoms with Crippen molar-refractivity contribution >= 4 is 23.7 Å². The number of phenolic OH excluding ortho intramolecular Hbond substituents is 4. The Hall–Kier alpha value is -5.50. The van der Waals surface area contributed by atoms with E-state index < -0.39 is 0 Å². The minimum absolute atomic E-state index is 0.120. The number of phenols is 4. The number of hydrogen-bond donors (Lipinski definition) is 4. The monoisotopic (exact) mass is 638 g/mol. The first-order valence-electron chi connectivity index (χ1n) is 15.5. The van der Waals surface area contributed by atoms with Crippen LogP contribution in [-0.2, 0) is 6.42 Å². The Morgan fingerprint density at radius 1 is 0.617 bits per heavy atom. The summed E-state index contributed by atoms with van der Waals surface area (Å²) in [5.41, 5.74) is 3.99. The first kappa shape index (κ1) is 36.0. The summed E-state index contributed by atoms with van der Waals surface area (Å²) in [7, 11) is 0. The Balaban J connectivity index is 0.000000256. The zero-order valence-electron chi connectivity index (χ0n) is 27.2. The van der Waals surface area contributed by atoms with Gasteiger partial charge < -0.3 is 29.9 Å². The average Bonchev–Trinajstić information content (AvgIpc) is 3.07. The highest BCUT2D eigenvalue weighted by Crippen LogP contribution is 2.31. The molecule has 0 atom stereocenters. The number of aryl methyl sites for hydroxylation is 2. The van der Waals surface area contributed by atoms with E-state index in [1.807, 2.05) is 26.8 Å². The number of ketones is 2. The van der Waals surface area contributed by atoms with Gasteiger partial charge in [0, 0.05) is 34.4 Å². The summed E-state index contributed by atoms with van der Waals surface area (Å²) in [5.74, 6) is 1.38. The number of carbonyl (C=O) groups excluding carboxylic acids is 2. The van der Waals surface area contributed by atoms with Crippen LogP contribution in [0.25, 0.3) is 12.2 Å². The van der Waals surface area contributed by atoms with Crippen molar-refractivity contribution in [3.05, 3.63) is 118 Å². The van der Waals surface area contributed by atoms with E-state index in [1.54, 1.807) is 61.5 Å². The van der Waals surface area contributed by atoms with Crippen molar-refractivity contribution in [3.8, 4) is 34.5 Å². The van der Waals surface area contributed by atoms with E-state index in [9.17, 15) is 30.0 Å². The molecule has 4 rings (SSSR count). The maximum Gasteiger partial charge on any atom is 0.185 e. The van der Waals surface area contributed by atoms with Crippen LogP contribution in [-0.4, -0.2) is 45.2 Å². The minimum Gasteiger partial charge on any atom is -0.508 e. The maximum absolute atomic E-state index is 12.2. The zero-order chi connectivity index (χ0) is 34.3. The van der Waals surface area contributed by atoms with Crippen molar-refractivity contribution in [2.75, 3.05) is 13.2 Å². The number of allylic oxidation sites excluding steroid dienone is 2. The lowest BCUT2D eigenvalue weighted by Gasteiger charge is -2.11. The molecular weight excluding hydrogens is 596 g/mol. The molecule has 246 valence electrons. The molecule has 0 fully saturated rings. The quantitative estimate of drug-likeness (QED) is 0.0847. The highest BCUT2D eigenvalue weighted by atomic mass is 16.5. The predicted octanol–water partition coefficient (Wildman–Crippen LogP) is 8.44. The molecule has 0 aliphatic heterocycles. The fourth-order valence-corrected chi connectivity index (χ4v) is 4.33. The second kappa shape index (κ2) is 17.8. The van der Waals surface area contributed by atoms with Crippen LogP contribution in [0.1, 0.15) is 76.6 Å². The number of aromatic hydroxyl groups is 4. The molecule has 0 aliphatic rings. The molecule has 8 nitrogen and oxygen atoms in total. The Bertz CT molecular complexity index is 1700. The lowest BCUT2D eigenvalue weighted by molar-refractivity contribution is 0.103. The summed E-state index contributed by atoms with van der Waals surface area (Å²) in [6, 6.07) is 19.0. The van der Waals surface area contributed by atoms with Crippen molar-refractivity contribution in [2.24, 2.45) is 0 Å². The molecule has 4 N–H and O–H groups in total. The summed E-state index contributed by atoms with van der Waals surface area (Å²) in [6.07, 6.45) is 8.68. The van der Waals surface area contributed by atoms with E-state index in [-0.39, 0.29) is 34.6 Å². The van der Waals surface area contributed by atoms with Gasteiger partial charge in [-0.25, -0.2) is 0 Å². The van der Waals surface area contributed by atoms with Crippen LogP contribution < -0.4 is 9.47 Å². The van der Waals surface area contributed by atoms with Crippen LogP contribution >= 0.6 is 0 Å². The molecule has 0 saturated carbocycles.